The van der Waals surface area contributed by atoms with Crippen LogP contribution in [0, 0.1) is 0 Å². The molecular weight excluding hydrogens is 345 g/mol. The summed E-state index contributed by atoms with van der Waals surface area (Å²) in [6.45, 7) is 2.17. The second kappa shape index (κ2) is 5.11. The Kier molecular flexibility index (Phi) is 3.85. The van der Waals surface area contributed by atoms with Gasteiger partial charge < -0.3 is 0 Å². The topological polar surface area (TPSA) is 37.4 Å². The number of benzene rings is 1. The number of hydrogen-bond donors (Lipinski definition) is 0. The number of imide groups is 1. The van der Waals surface area contributed by atoms with E-state index in [-0.39, 0.29) is 11.8 Å². The van der Waals surface area contributed by atoms with Crippen molar-refractivity contribution in [1.82, 2.24) is 4.90 Å². The molecule has 0 spiro atoms. The Morgan fingerprint density at radius 1 is 1.00 bits per heavy atom. The quantitative estimate of drug-likeness (QED) is 0.611. The van der Waals surface area contributed by atoms with Gasteiger partial charge in [0.05, 0.1) is 0 Å². The zero-order chi connectivity index (χ0) is 14.2. The van der Waals surface area contributed by atoms with Crippen molar-refractivity contribution in [3.05, 3.63) is 45.1 Å². The van der Waals surface area contributed by atoms with Gasteiger partial charge in [-0.15, -0.1) is 0 Å². The number of carbonyl (C=O) groups excluding carboxylic acids is 2. The van der Waals surface area contributed by atoms with Crippen LogP contribution in [-0.2, 0) is 16.1 Å². The molecule has 1 heterocycles. The van der Waals surface area contributed by atoms with Gasteiger partial charge in [-0.05, 0) is 0 Å². The van der Waals surface area contributed by atoms with Crippen LogP contribution in [0.1, 0.15) is 12.5 Å². The minimum atomic E-state index is -2.54. The minimum absolute atomic E-state index is 0.0605. The SMILES string of the molecule is CC1=[C]([Sn]([CH3])([CH3])[CH3])C(=O)N(Cc2ccccc2)C1=O. The van der Waals surface area contributed by atoms with Crippen molar-refractivity contribution in [2.75, 3.05) is 0 Å². The first kappa shape index (κ1) is 14.3. The third-order valence-electron chi connectivity index (χ3n) is 3.33. The maximum atomic E-state index is 12.5. The van der Waals surface area contributed by atoms with Crippen LogP contribution in [0.15, 0.2) is 39.5 Å². The van der Waals surface area contributed by atoms with Gasteiger partial charge in [-0.1, -0.05) is 0 Å². The first-order chi connectivity index (χ1) is 8.82. The van der Waals surface area contributed by atoms with E-state index in [1.807, 2.05) is 30.3 Å². The van der Waals surface area contributed by atoms with Crippen LogP contribution in [0.4, 0.5) is 0 Å². The summed E-state index contributed by atoms with van der Waals surface area (Å²) in [6, 6.07) is 9.65. The molecule has 19 heavy (non-hydrogen) atoms. The maximum absolute atomic E-state index is 12.5. The summed E-state index contributed by atoms with van der Waals surface area (Å²) in [5.41, 5.74) is 1.66. The van der Waals surface area contributed by atoms with Gasteiger partial charge in [-0.2, -0.15) is 0 Å². The Morgan fingerprint density at radius 3 is 2.05 bits per heavy atom. The number of nitrogens with zero attached hydrogens (tertiary/aromatic N) is 1. The fourth-order valence-electron chi connectivity index (χ4n) is 2.49. The Hall–Kier alpha value is -1.10. The zero-order valence-corrected chi connectivity index (χ0v) is 14.7. The number of rotatable bonds is 3. The molecule has 1 aromatic rings. The van der Waals surface area contributed by atoms with E-state index in [0.29, 0.717) is 12.1 Å². The van der Waals surface area contributed by atoms with Crippen LogP contribution in [-0.4, -0.2) is 35.1 Å². The first-order valence-electron chi connectivity index (χ1n) is 6.44. The molecular formula is C15H19NO2Sn. The number of hydrogen-bond acceptors (Lipinski definition) is 2. The van der Waals surface area contributed by atoms with E-state index < -0.39 is 18.4 Å². The summed E-state index contributed by atoms with van der Waals surface area (Å²) in [6.07, 6.45) is 0. The van der Waals surface area contributed by atoms with Gasteiger partial charge in [0.15, 0.2) is 0 Å². The summed E-state index contributed by atoms with van der Waals surface area (Å²) in [5.74, 6) is -0.176. The molecule has 0 aliphatic carbocycles. The predicted molar refractivity (Wildman–Crippen MR) is 78.0 cm³/mol. The molecule has 0 saturated carbocycles. The van der Waals surface area contributed by atoms with Crippen LogP contribution in [0.5, 0.6) is 0 Å². The van der Waals surface area contributed by atoms with Crippen molar-refractivity contribution in [2.45, 2.75) is 28.3 Å². The standard InChI is InChI=1S/C12H10NO2.3CH3.Sn/c1-9-7-11(14)13(12(9)15)8-10-5-3-2-4-6-10;;;;/h2-6H,8H2,1H3;3*1H3;. The molecule has 3 nitrogen and oxygen atoms in total. The Bertz CT molecular complexity index is 555. The van der Waals surface area contributed by atoms with Gasteiger partial charge >= 0.3 is 118 Å². The van der Waals surface area contributed by atoms with E-state index in [4.69, 9.17) is 0 Å². The van der Waals surface area contributed by atoms with Crippen LogP contribution in [0.25, 0.3) is 0 Å². The molecule has 1 aromatic carbocycles. The monoisotopic (exact) mass is 365 g/mol. The van der Waals surface area contributed by atoms with Crippen molar-refractivity contribution < 1.29 is 9.59 Å². The molecule has 0 bridgehead atoms. The molecule has 0 unspecified atom stereocenters. The van der Waals surface area contributed by atoms with Gasteiger partial charge in [-0.25, -0.2) is 0 Å². The fraction of sp³-hybridized carbons (Fsp3) is 0.333. The molecule has 0 N–H and O–H groups in total. The first-order valence-corrected chi connectivity index (χ1v) is 16.4. The van der Waals surface area contributed by atoms with E-state index in [9.17, 15) is 9.59 Å². The summed E-state index contributed by atoms with van der Waals surface area (Å²) in [4.78, 5) is 32.6. The summed E-state index contributed by atoms with van der Waals surface area (Å²) < 4.78 is 0.843. The van der Waals surface area contributed by atoms with E-state index in [1.54, 1.807) is 6.92 Å². The van der Waals surface area contributed by atoms with Crippen LogP contribution < -0.4 is 0 Å². The predicted octanol–water partition coefficient (Wildman–Crippen LogP) is 2.75. The van der Waals surface area contributed by atoms with Crippen molar-refractivity contribution in [1.29, 1.82) is 0 Å². The molecule has 2 rings (SSSR count). The van der Waals surface area contributed by atoms with E-state index >= 15 is 0 Å². The van der Waals surface area contributed by atoms with Gasteiger partial charge in [-0.3, -0.25) is 0 Å². The van der Waals surface area contributed by atoms with Crippen LogP contribution in [0.2, 0.25) is 14.8 Å². The second-order valence-corrected chi connectivity index (χ2v) is 20.2. The number of carbonyl (C=O) groups is 2. The van der Waals surface area contributed by atoms with Crippen molar-refractivity contribution in [2.24, 2.45) is 0 Å². The summed E-state index contributed by atoms with van der Waals surface area (Å²) >= 11 is -2.54. The third kappa shape index (κ3) is 2.76. The molecule has 0 saturated heterocycles. The average molecular weight is 364 g/mol. The van der Waals surface area contributed by atoms with Crippen LogP contribution >= 0.6 is 0 Å². The molecule has 1 aliphatic heterocycles. The summed E-state index contributed by atoms with van der Waals surface area (Å²) in [5, 5.41) is 0. The molecule has 0 atom stereocenters. The Labute approximate surface area is 118 Å². The number of amides is 2. The van der Waals surface area contributed by atoms with Gasteiger partial charge in [0.2, 0.25) is 0 Å². The van der Waals surface area contributed by atoms with E-state index in [0.717, 1.165) is 9.15 Å². The second-order valence-electron chi connectivity index (χ2n) is 5.93. The molecule has 0 fully saturated rings. The van der Waals surface area contributed by atoms with Crippen molar-refractivity contribution >= 4 is 30.2 Å². The third-order valence-corrected chi connectivity index (χ3v) is 9.30. The molecule has 4 heteroatoms. The van der Waals surface area contributed by atoms with Crippen molar-refractivity contribution in [3.63, 3.8) is 0 Å². The normalized spacial score (nSPS) is 16.5. The average Bonchev–Trinajstić information content (AvgIpc) is 2.54. The van der Waals surface area contributed by atoms with E-state index in [1.165, 1.54) is 4.90 Å². The molecule has 1 aliphatic rings. The van der Waals surface area contributed by atoms with Gasteiger partial charge in [0.25, 0.3) is 0 Å². The molecule has 0 radical (unpaired) electrons. The van der Waals surface area contributed by atoms with E-state index in [2.05, 4.69) is 14.8 Å². The zero-order valence-electron chi connectivity index (χ0n) is 11.9. The van der Waals surface area contributed by atoms with Crippen molar-refractivity contribution in [3.8, 4) is 0 Å². The molecule has 2 amide bonds. The molecule has 0 aromatic heterocycles. The fourth-order valence-corrected chi connectivity index (χ4v) is 8.22. The van der Waals surface area contributed by atoms with Gasteiger partial charge in [0.1, 0.15) is 0 Å². The Morgan fingerprint density at radius 2 is 1.58 bits per heavy atom. The van der Waals surface area contributed by atoms with Crippen LogP contribution in [0.3, 0.4) is 0 Å². The summed E-state index contributed by atoms with van der Waals surface area (Å²) in [7, 11) is 0. The Balaban J connectivity index is 2.29. The molecule has 100 valence electrons. The van der Waals surface area contributed by atoms with Gasteiger partial charge in [0, 0.05) is 0 Å².